The minimum Gasteiger partial charge on any atom is -0.329 e. The van der Waals surface area contributed by atoms with E-state index in [1.807, 2.05) is 0 Å². The van der Waals surface area contributed by atoms with Crippen molar-refractivity contribution in [1.82, 2.24) is 4.90 Å². The van der Waals surface area contributed by atoms with E-state index in [0.29, 0.717) is 5.54 Å². The highest BCUT2D eigenvalue weighted by Crippen LogP contribution is 2.45. The van der Waals surface area contributed by atoms with Gasteiger partial charge in [-0.25, -0.2) is 0 Å². The number of hydrogen-bond donors (Lipinski definition) is 1. The minimum atomic E-state index is 0.407. The Hall–Kier alpha value is -0.0800. The average Bonchev–Trinajstić information content (AvgIpc) is 3.05. The second-order valence-electron chi connectivity index (χ2n) is 6.73. The Morgan fingerprint density at radius 2 is 1.56 bits per heavy atom. The SMILES string of the molecule is CC1CC(CN)(N(CC2CC2)CC2CC2)C1. The first-order valence-electron chi connectivity index (χ1n) is 7.17. The zero-order valence-corrected chi connectivity index (χ0v) is 10.6. The first kappa shape index (κ1) is 11.0. The summed E-state index contributed by atoms with van der Waals surface area (Å²) in [6.07, 6.45) is 8.58. The predicted octanol–water partition coefficient (Wildman–Crippen LogP) is 2.24. The van der Waals surface area contributed by atoms with Crippen LogP contribution in [-0.2, 0) is 0 Å². The van der Waals surface area contributed by atoms with Crippen molar-refractivity contribution in [1.29, 1.82) is 0 Å². The summed E-state index contributed by atoms with van der Waals surface area (Å²) < 4.78 is 0. The first-order chi connectivity index (χ1) is 7.72. The fourth-order valence-corrected chi connectivity index (χ4v) is 3.48. The van der Waals surface area contributed by atoms with E-state index in [4.69, 9.17) is 5.73 Å². The molecule has 3 fully saturated rings. The number of nitrogens with two attached hydrogens (primary N) is 1. The summed E-state index contributed by atoms with van der Waals surface area (Å²) in [6.45, 7) is 5.96. The molecule has 0 heterocycles. The van der Waals surface area contributed by atoms with Gasteiger partial charge < -0.3 is 5.73 Å². The Morgan fingerprint density at radius 1 is 1.06 bits per heavy atom. The third-order valence-corrected chi connectivity index (χ3v) is 4.86. The Kier molecular flexibility index (Phi) is 2.75. The molecular formula is C14H26N2. The van der Waals surface area contributed by atoms with Crippen LogP contribution in [0.3, 0.4) is 0 Å². The van der Waals surface area contributed by atoms with E-state index in [1.54, 1.807) is 0 Å². The highest BCUT2D eigenvalue weighted by atomic mass is 15.2. The van der Waals surface area contributed by atoms with Crippen LogP contribution in [0.15, 0.2) is 0 Å². The van der Waals surface area contributed by atoms with Crippen molar-refractivity contribution >= 4 is 0 Å². The van der Waals surface area contributed by atoms with Crippen molar-refractivity contribution in [2.75, 3.05) is 19.6 Å². The number of rotatable bonds is 6. The highest BCUT2D eigenvalue weighted by molar-refractivity contribution is 5.04. The van der Waals surface area contributed by atoms with Crippen LogP contribution >= 0.6 is 0 Å². The van der Waals surface area contributed by atoms with Gasteiger partial charge in [-0.3, -0.25) is 4.90 Å². The van der Waals surface area contributed by atoms with Gasteiger partial charge in [-0.15, -0.1) is 0 Å². The average molecular weight is 222 g/mol. The lowest BCUT2D eigenvalue weighted by Crippen LogP contribution is -2.62. The quantitative estimate of drug-likeness (QED) is 0.747. The lowest BCUT2D eigenvalue weighted by molar-refractivity contribution is -0.0188. The van der Waals surface area contributed by atoms with Crippen molar-refractivity contribution in [3.8, 4) is 0 Å². The Bertz CT molecular complexity index is 235. The maximum Gasteiger partial charge on any atom is 0.0337 e. The highest BCUT2D eigenvalue weighted by Gasteiger charge is 2.47. The van der Waals surface area contributed by atoms with Crippen LogP contribution < -0.4 is 5.73 Å². The van der Waals surface area contributed by atoms with Crippen molar-refractivity contribution in [2.45, 2.75) is 51.0 Å². The summed E-state index contributed by atoms with van der Waals surface area (Å²) in [5.74, 6) is 2.93. The molecular weight excluding hydrogens is 196 g/mol. The zero-order valence-electron chi connectivity index (χ0n) is 10.6. The molecule has 0 radical (unpaired) electrons. The monoisotopic (exact) mass is 222 g/mol. The van der Waals surface area contributed by atoms with E-state index in [1.165, 1.54) is 51.6 Å². The van der Waals surface area contributed by atoms with Crippen LogP contribution in [0.2, 0.25) is 0 Å². The fraction of sp³-hybridized carbons (Fsp3) is 1.00. The second-order valence-corrected chi connectivity index (χ2v) is 6.73. The van der Waals surface area contributed by atoms with Crippen LogP contribution in [0.25, 0.3) is 0 Å². The van der Waals surface area contributed by atoms with Crippen LogP contribution in [0, 0.1) is 17.8 Å². The summed E-state index contributed by atoms with van der Waals surface area (Å²) >= 11 is 0. The van der Waals surface area contributed by atoms with E-state index in [2.05, 4.69) is 11.8 Å². The third kappa shape index (κ3) is 2.14. The lowest BCUT2D eigenvalue weighted by Gasteiger charge is -2.53. The van der Waals surface area contributed by atoms with Crippen molar-refractivity contribution in [2.24, 2.45) is 23.5 Å². The van der Waals surface area contributed by atoms with Crippen LogP contribution in [-0.4, -0.2) is 30.1 Å². The molecule has 0 aliphatic heterocycles. The molecule has 2 heteroatoms. The molecule has 0 amide bonds. The number of hydrogen-bond acceptors (Lipinski definition) is 2. The molecule has 0 aromatic carbocycles. The molecule has 0 saturated heterocycles. The molecule has 0 atom stereocenters. The normalized spacial score (nSPS) is 38.8. The molecule has 16 heavy (non-hydrogen) atoms. The van der Waals surface area contributed by atoms with Crippen LogP contribution in [0.4, 0.5) is 0 Å². The van der Waals surface area contributed by atoms with E-state index in [-0.39, 0.29) is 0 Å². The Balaban J connectivity index is 1.63. The van der Waals surface area contributed by atoms with Crippen molar-refractivity contribution in [3.05, 3.63) is 0 Å². The predicted molar refractivity (Wildman–Crippen MR) is 67.2 cm³/mol. The first-order valence-corrected chi connectivity index (χ1v) is 7.17. The van der Waals surface area contributed by atoms with E-state index < -0.39 is 0 Å². The molecule has 0 aromatic heterocycles. The summed E-state index contributed by atoms with van der Waals surface area (Å²) in [5, 5.41) is 0. The molecule has 3 saturated carbocycles. The Morgan fingerprint density at radius 3 is 1.88 bits per heavy atom. The van der Waals surface area contributed by atoms with Gasteiger partial charge in [-0.2, -0.15) is 0 Å². The van der Waals surface area contributed by atoms with E-state index in [9.17, 15) is 0 Å². The maximum atomic E-state index is 6.08. The molecule has 0 unspecified atom stereocenters. The fourth-order valence-electron chi connectivity index (χ4n) is 3.48. The summed E-state index contributed by atoms with van der Waals surface area (Å²) in [7, 11) is 0. The summed E-state index contributed by atoms with van der Waals surface area (Å²) in [5.41, 5.74) is 6.49. The summed E-state index contributed by atoms with van der Waals surface area (Å²) in [4.78, 5) is 2.79. The zero-order chi connectivity index (χ0) is 11.2. The number of nitrogens with zero attached hydrogens (tertiary/aromatic N) is 1. The van der Waals surface area contributed by atoms with Gasteiger partial charge >= 0.3 is 0 Å². The van der Waals surface area contributed by atoms with Gasteiger partial charge in [-0.1, -0.05) is 6.92 Å². The lowest BCUT2D eigenvalue weighted by atomic mass is 9.67. The van der Waals surface area contributed by atoms with Crippen LogP contribution in [0.1, 0.15) is 45.4 Å². The van der Waals surface area contributed by atoms with Crippen molar-refractivity contribution in [3.63, 3.8) is 0 Å². The molecule has 0 bridgehead atoms. The molecule has 3 rings (SSSR count). The van der Waals surface area contributed by atoms with Gasteiger partial charge in [0.25, 0.3) is 0 Å². The standard InChI is InChI=1S/C14H26N2/c1-11-6-14(7-11,10-15)16(8-12-2-3-12)9-13-4-5-13/h11-13H,2-10,15H2,1H3. The van der Waals surface area contributed by atoms with Gasteiger partial charge in [0.15, 0.2) is 0 Å². The van der Waals surface area contributed by atoms with Gasteiger partial charge in [0.2, 0.25) is 0 Å². The molecule has 3 aliphatic carbocycles. The van der Waals surface area contributed by atoms with Gasteiger partial charge in [0.05, 0.1) is 0 Å². The van der Waals surface area contributed by atoms with Gasteiger partial charge in [0.1, 0.15) is 0 Å². The molecule has 2 N–H and O–H groups in total. The molecule has 92 valence electrons. The van der Waals surface area contributed by atoms with E-state index >= 15 is 0 Å². The molecule has 0 spiro atoms. The van der Waals surface area contributed by atoms with Crippen molar-refractivity contribution < 1.29 is 0 Å². The molecule has 3 aliphatic rings. The largest absolute Gasteiger partial charge is 0.329 e. The molecule has 2 nitrogen and oxygen atoms in total. The van der Waals surface area contributed by atoms with E-state index in [0.717, 1.165) is 24.3 Å². The minimum absolute atomic E-state index is 0.407. The topological polar surface area (TPSA) is 29.3 Å². The van der Waals surface area contributed by atoms with Gasteiger partial charge in [-0.05, 0) is 56.3 Å². The van der Waals surface area contributed by atoms with Crippen LogP contribution in [0.5, 0.6) is 0 Å². The summed E-state index contributed by atoms with van der Waals surface area (Å²) in [6, 6.07) is 0. The Labute approximate surface area is 99.6 Å². The smallest absolute Gasteiger partial charge is 0.0337 e. The second kappa shape index (κ2) is 3.99. The maximum absolute atomic E-state index is 6.08. The van der Waals surface area contributed by atoms with Gasteiger partial charge in [0, 0.05) is 25.2 Å². The third-order valence-electron chi connectivity index (χ3n) is 4.86. The molecule has 0 aromatic rings.